The van der Waals surface area contributed by atoms with Crippen LogP contribution in [0.4, 0.5) is 13.2 Å². The number of thioether (sulfide) groups is 1. The van der Waals surface area contributed by atoms with E-state index in [0.29, 0.717) is 29.9 Å². The Morgan fingerprint density at radius 3 is 2.57 bits per heavy atom. The van der Waals surface area contributed by atoms with Gasteiger partial charge in [0.15, 0.2) is 5.58 Å². The van der Waals surface area contributed by atoms with Crippen molar-refractivity contribution in [2.75, 3.05) is 0 Å². The molecule has 0 bridgehead atoms. The van der Waals surface area contributed by atoms with E-state index < -0.39 is 23.0 Å². The lowest BCUT2D eigenvalue weighted by Gasteiger charge is -2.11. The molecule has 37 heavy (non-hydrogen) atoms. The lowest BCUT2D eigenvalue weighted by Crippen LogP contribution is -2.14. The number of hydrogen-bond acceptors (Lipinski definition) is 6. The fourth-order valence-corrected chi connectivity index (χ4v) is 6.40. The van der Waals surface area contributed by atoms with E-state index in [1.54, 1.807) is 6.07 Å². The van der Waals surface area contributed by atoms with Gasteiger partial charge in [0, 0.05) is 20.7 Å². The minimum atomic E-state index is -4.46. The van der Waals surface area contributed by atoms with Crippen LogP contribution in [0.3, 0.4) is 0 Å². The van der Waals surface area contributed by atoms with Crippen molar-refractivity contribution in [1.82, 2.24) is 10.1 Å². The number of carboxylic acids is 1. The fraction of sp³-hybridized carbons (Fsp3) is 0.370. The second-order valence-electron chi connectivity index (χ2n) is 9.12. The zero-order valence-corrected chi connectivity index (χ0v) is 22.5. The van der Waals surface area contributed by atoms with E-state index in [1.165, 1.54) is 35.2 Å². The molecule has 0 aliphatic carbocycles. The van der Waals surface area contributed by atoms with Crippen LogP contribution in [0.25, 0.3) is 21.5 Å². The fourth-order valence-electron chi connectivity index (χ4n) is 4.15. The molecule has 2 aromatic heterocycles. The number of hydrogen-bond donors (Lipinski definition) is 1. The number of aryl methyl sites for hydroxylation is 3. The molecule has 0 radical (unpaired) electrons. The van der Waals surface area contributed by atoms with Gasteiger partial charge in [-0.25, -0.2) is 4.98 Å². The third-order valence-corrected chi connectivity index (χ3v) is 8.76. The highest BCUT2D eigenvalue weighted by Gasteiger charge is 2.34. The molecule has 1 unspecified atom stereocenters. The van der Waals surface area contributed by atoms with Gasteiger partial charge in [-0.3, -0.25) is 4.79 Å². The summed E-state index contributed by atoms with van der Waals surface area (Å²) in [6, 6.07) is 9.31. The summed E-state index contributed by atoms with van der Waals surface area (Å²) in [6.07, 6.45) is -2.86. The molecule has 0 fully saturated rings. The van der Waals surface area contributed by atoms with E-state index in [0.717, 1.165) is 38.2 Å². The van der Waals surface area contributed by atoms with Gasteiger partial charge in [0.1, 0.15) is 10.3 Å². The molecule has 2 heterocycles. The Bertz CT molecular complexity index is 1430. The number of fused-ring (bicyclic) bond motifs is 1. The van der Waals surface area contributed by atoms with E-state index in [-0.39, 0.29) is 11.5 Å². The van der Waals surface area contributed by atoms with Crippen molar-refractivity contribution in [2.45, 2.75) is 69.2 Å². The maximum absolute atomic E-state index is 13.6. The summed E-state index contributed by atoms with van der Waals surface area (Å²) in [5.41, 5.74) is 2.46. The number of thiazole rings is 1. The molecule has 196 valence electrons. The standard InChI is InChI=1S/C27H27F3N2O3S2/c1-5-21(26(33)34)36-23-13-20-17(12-15(23)4)19(32-35-20)10-11-22-24(14(2)3)31-25(37-22)16-8-6-7-9-18(16)27(28,29)30/h6-9,12-14,21H,5,10-11H2,1-4H3,(H,33,34). The Balaban J connectivity index is 1.61. The largest absolute Gasteiger partial charge is 0.480 e. The maximum atomic E-state index is 13.6. The summed E-state index contributed by atoms with van der Waals surface area (Å²) < 4.78 is 46.4. The normalized spacial score (nSPS) is 13.0. The molecule has 2 aromatic carbocycles. The summed E-state index contributed by atoms with van der Waals surface area (Å²) in [4.78, 5) is 17.8. The Morgan fingerprint density at radius 2 is 1.92 bits per heavy atom. The Morgan fingerprint density at radius 1 is 1.19 bits per heavy atom. The monoisotopic (exact) mass is 548 g/mol. The Hall–Kier alpha value is -2.85. The number of aromatic nitrogens is 2. The SMILES string of the molecule is CCC(Sc1cc2onc(CCc3sc(-c4ccccc4C(F)(F)F)nc3C(C)C)c2cc1C)C(=O)O. The van der Waals surface area contributed by atoms with Crippen LogP contribution in [0.15, 0.2) is 45.8 Å². The van der Waals surface area contributed by atoms with Crippen LogP contribution < -0.4 is 0 Å². The van der Waals surface area contributed by atoms with Crippen molar-refractivity contribution < 1.29 is 27.6 Å². The second kappa shape index (κ2) is 10.9. The molecule has 4 aromatic rings. The molecular weight excluding hydrogens is 521 g/mol. The highest BCUT2D eigenvalue weighted by Crippen LogP contribution is 2.40. The average Bonchev–Trinajstić information content (AvgIpc) is 3.44. The number of carbonyl (C=O) groups is 1. The van der Waals surface area contributed by atoms with Gasteiger partial charge in [-0.1, -0.05) is 44.1 Å². The number of nitrogens with zero attached hydrogens (tertiary/aromatic N) is 2. The average molecular weight is 549 g/mol. The summed E-state index contributed by atoms with van der Waals surface area (Å²) in [7, 11) is 0. The van der Waals surface area contributed by atoms with Gasteiger partial charge in [-0.05, 0) is 55.9 Å². The van der Waals surface area contributed by atoms with Crippen LogP contribution in [0.5, 0.6) is 0 Å². The first-order valence-electron chi connectivity index (χ1n) is 11.9. The molecule has 0 amide bonds. The quantitative estimate of drug-likeness (QED) is 0.213. The van der Waals surface area contributed by atoms with Crippen LogP contribution in [-0.2, 0) is 23.8 Å². The molecule has 0 spiro atoms. The molecule has 10 heteroatoms. The summed E-state index contributed by atoms with van der Waals surface area (Å²) in [6.45, 7) is 7.72. The highest BCUT2D eigenvalue weighted by atomic mass is 32.2. The number of rotatable bonds is 9. The van der Waals surface area contributed by atoms with Crippen LogP contribution in [0, 0.1) is 6.92 Å². The number of aliphatic carboxylic acids is 1. The van der Waals surface area contributed by atoms with Gasteiger partial charge in [0.25, 0.3) is 0 Å². The Labute approximate surface area is 221 Å². The van der Waals surface area contributed by atoms with Crippen LogP contribution >= 0.6 is 23.1 Å². The summed E-state index contributed by atoms with van der Waals surface area (Å²) in [5, 5.41) is 14.3. The molecule has 4 rings (SSSR count). The number of benzene rings is 2. The van der Waals surface area contributed by atoms with Crippen LogP contribution in [0.2, 0.25) is 0 Å². The number of halogens is 3. The predicted molar refractivity (Wildman–Crippen MR) is 140 cm³/mol. The zero-order chi connectivity index (χ0) is 26.9. The van der Waals surface area contributed by atoms with E-state index in [2.05, 4.69) is 10.1 Å². The minimum absolute atomic E-state index is 0.0506. The molecule has 0 saturated heterocycles. The maximum Gasteiger partial charge on any atom is 0.417 e. The van der Waals surface area contributed by atoms with E-state index in [1.807, 2.05) is 39.8 Å². The van der Waals surface area contributed by atoms with Crippen molar-refractivity contribution in [1.29, 1.82) is 0 Å². The van der Waals surface area contributed by atoms with Gasteiger partial charge < -0.3 is 9.63 Å². The Kier molecular flexibility index (Phi) is 7.99. The lowest BCUT2D eigenvalue weighted by molar-refractivity contribution is -0.137. The van der Waals surface area contributed by atoms with Crippen molar-refractivity contribution in [3.05, 3.63) is 63.8 Å². The van der Waals surface area contributed by atoms with Crippen molar-refractivity contribution >= 4 is 40.0 Å². The molecule has 0 aliphatic rings. The summed E-state index contributed by atoms with van der Waals surface area (Å²) >= 11 is 2.58. The van der Waals surface area contributed by atoms with Gasteiger partial charge >= 0.3 is 12.1 Å². The topological polar surface area (TPSA) is 76.2 Å². The number of alkyl halides is 3. The van der Waals surface area contributed by atoms with Gasteiger partial charge in [0.2, 0.25) is 0 Å². The first-order chi connectivity index (χ1) is 17.5. The third-order valence-electron chi connectivity index (χ3n) is 6.08. The molecule has 1 atom stereocenters. The van der Waals surface area contributed by atoms with Crippen molar-refractivity contribution in [2.24, 2.45) is 0 Å². The van der Waals surface area contributed by atoms with Crippen LogP contribution in [0.1, 0.15) is 60.5 Å². The third kappa shape index (κ3) is 5.85. The van der Waals surface area contributed by atoms with Crippen molar-refractivity contribution in [3.8, 4) is 10.6 Å². The minimum Gasteiger partial charge on any atom is -0.480 e. The number of carboxylic acid groups (broad SMARTS) is 1. The lowest BCUT2D eigenvalue weighted by atomic mass is 10.0. The first kappa shape index (κ1) is 27.2. The van der Waals surface area contributed by atoms with E-state index in [4.69, 9.17) is 4.52 Å². The molecule has 1 N–H and O–H groups in total. The van der Waals surface area contributed by atoms with Gasteiger partial charge in [-0.2, -0.15) is 13.2 Å². The highest BCUT2D eigenvalue weighted by molar-refractivity contribution is 8.00. The van der Waals surface area contributed by atoms with Crippen LogP contribution in [-0.4, -0.2) is 26.5 Å². The van der Waals surface area contributed by atoms with Gasteiger partial charge in [-0.15, -0.1) is 23.1 Å². The second-order valence-corrected chi connectivity index (χ2v) is 11.4. The zero-order valence-electron chi connectivity index (χ0n) is 20.8. The predicted octanol–water partition coefficient (Wildman–Crippen LogP) is 8.14. The molecule has 0 saturated carbocycles. The first-order valence-corrected chi connectivity index (χ1v) is 13.6. The molecule has 5 nitrogen and oxygen atoms in total. The van der Waals surface area contributed by atoms with Crippen molar-refractivity contribution in [3.63, 3.8) is 0 Å². The van der Waals surface area contributed by atoms with E-state index in [9.17, 15) is 23.1 Å². The molecule has 0 aliphatic heterocycles. The van der Waals surface area contributed by atoms with Gasteiger partial charge in [0.05, 0.1) is 17.0 Å². The smallest absolute Gasteiger partial charge is 0.417 e. The summed E-state index contributed by atoms with van der Waals surface area (Å²) in [5.74, 6) is -0.803. The molecular formula is C27H27F3N2O3S2. The van der Waals surface area contributed by atoms with E-state index >= 15 is 0 Å².